The smallest absolute Gasteiger partial charge is 0.412 e. The van der Waals surface area contributed by atoms with Crippen molar-refractivity contribution in [3.63, 3.8) is 0 Å². The zero-order valence-corrected chi connectivity index (χ0v) is 17.4. The Morgan fingerprint density at radius 3 is 2.29 bits per heavy atom. The van der Waals surface area contributed by atoms with Crippen LogP contribution in [0.5, 0.6) is 5.75 Å². The second-order valence-electron chi connectivity index (χ2n) is 7.09. The van der Waals surface area contributed by atoms with Crippen LogP contribution in [0.25, 0.3) is 10.8 Å². The number of aromatic hydroxyl groups is 1. The van der Waals surface area contributed by atoms with Crippen molar-refractivity contribution < 1.29 is 29.3 Å². The number of hydrogen-bond donors (Lipinski definition) is 3. The second kappa shape index (κ2) is 10.1. The van der Waals surface area contributed by atoms with E-state index in [9.17, 15) is 19.8 Å². The molecular weight excluding hydrogens is 398 g/mol. The number of anilines is 1. The van der Waals surface area contributed by atoms with Crippen LogP contribution >= 0.6 is 0 Å². The summed E-state index contributed by atoms with van der Waals surface area (Å²) in [6.45, 7) is 1.32. The van der Waals surface area contributed by atoms with Gasteiger partial charge < -0.3 is 19.7 Å². The number of amides is 1. The number of fused-ring (bicyclic) bond motifs is 1. The molecule has 3 N–H and O–H groups in total. The summed E-state index contributed by atoms with van der Waals surface area (Å²) in [5.74, 6) is 0.0459. The van der Waals surface area contributed by atoms with Gasteiger partial charge in [-0.1, -0.05) is 30.3 Å². The van der Waals surface area contributed by atoms with Crippen LogP contribution in [0.1, 0.15) is 35.4 Å². The molecule has 3 aromatic carbocycles. The van der Waals surface area contributed by atoms with Crippen molar-refractivity contribution in [2.24, 2.45) is 0 Å². The Bertz CT molecular complexity index is 1060. The Kier molecular flexibility index (Phi) is 7.23. The molecule has 0 spiro atoms. The van der Waals surface area contributed by atoms with Gasteiger partial charge in [0.1, 0.15) is 11.9 Å². The lowest BCUT2D eigenvalue weighted by Gasteiger charge is -2.27. The molecule has 0 aliphatic carbocycles. The number of phenolic OH excluding ortho intramolecular Hbond substituents is 1. The number of Topliss-reactive ketones (excluding diaryl/α,β-unsaturated/α-hetero) is 1. The van der Waals surface area contributed by atoms with Gasteiger partial charge in [-0.25, -0.2) is 4.79 Å². The molecule has 162 valence electrons. The van der Waals surface area contributed by atoms with E-state index in [0.717, 1.165) is 0 Å². The first-order valence-electron chi connectivity index (χ1n) is 9.87. The van der Waals surface area contributed by atoms with E-state index in [1.165, 1.54) is 20.1 Å². The van der Waals surface area contributed by atoms with E-state index < -0.39 is 18.3 Å². The monoisotopic (exact) mass is 423 g/mol. The Morgan fingerprint density at radius 2 is 1.68 bits per heavy atom. The van der Waals surface area contributed by atoms with Crippen LogP contribution in [0.4, 0.5) is 10.5 Å². The third-order valence-corrected chi connectivity index (χ3v) is 5.07. The van der Waals surface area contributed by atoms with E-state index in [4.69, 9.17) is 9.47 Å². The van der Waals surface area contributed by atoms with Gasteiger partial charge in [-0.3, -0.25) is 10.1 Å². The molecule has 3 aromatic rings. The number of ether oxygens (including phenoxy) is 2. The third-order valence-electron chi connectivity index (χ3n) is 5.07. The van der Waals surface area contributed by atoms with Crippen molar-refractivity contribution in [2.45, 2.75) is 25.6 Å². The molecule has 7 nitrogen and oxygen atoms in total. The fraction of sp³-hybridized carbons (Fsp3) is 0.250. The SMILES string of the molecule is CO[C@H](CCO)[C@H](OC(=O)Nc1ccc(C(C)=O)cc1)c1ccc(O)c2ccccc12. The molecule has 7 heteroatoms. The summed E-state index contributed by atoms with van der Waals surface area (Å²) in [5, 5.41) is 23.6. The van der Waals surface area contributed by atoms with Gasteiger partial charge in [0.25, 0.3) is 0 Å². The van der Waals surface area contributed by atoms with Crippen molar-refractivity contribution in [1.82, 2.24) is 0 Å². The van der Waals surface area contributed by atoms with Gasteiger partial charge >= 0.3 is 6.09 Å². The Morgan fingerprint density at radius 1 is 1.00 bits per heavy atom. The molecule has 31 heavy (non-hydrogen) atoms. The maximum atomic E-state index is 12.7. The van der Waals surface area contributed by atoms with Gasteiger partial charge in [-0.05, 0) is 42.6 Å². The minimum Gasteiger partial charge on any atom is -0.507 e. The van der Waals surface area contributed by atoms with Crippen molar-refractivity contribution in [3.05, 3.63) is 71.8 Å². The van der Waals surface area contributed by atoms with Crippen molar-refractivity contribution in [1.29, 1.82) is 0 Å². The zero-order valence-electron chi connectivity index (χ0n) is 17.4. The zero-order chi connectivity index (χ0) is 22.4. The molecule has 0 aliphatic rings. The van der Waals surface area contributed by atoms with Crippen LogP contribution in [-0.4, -0.2) is 41.9 Å². The molecule has 0 radical (unpaired) electrons. The van der Waals surface area contributed by atoms with E-state index in [-0.39, 0.29) is 24.6 Å². The van der Waals surface area contributed by atoms with Crippen LogP contribution in [0, 0.1) is 0 Å². The molecule has 0 fully saturated rings. The fourth-order valence-corrected chi connectivity index (χ4v) is 3.47. The predicted octanol–water partition coefficient (Wildman–Crippen LogP) is 4.44. The summed E-state index contributed by atoms with van der Waals surface area (Å²) < 4.78 is 11.3. The summed E-state index contributed by atoms with van der Waals surface area (Å²) >= 11 is 0. The average Bonchev–Trinajstić information content (AvgIpc) is 2.77. The number of phenols is 1. The number of aliphatic hydroxyl groups is 1. The average molecular weight is 423 g/mol. The summed E-state index contributed by atoms with van der Waals surface area (Å²) in [6, 6.07) is 16.9. The topological polar surface area (TPSA) is 105 Å². The second-order valence-corrected chi connectivity index (χ2v) is 7.09. The van der Waals surface area contributed by atoms with E-state index in [1.54, 1.807) is 42.5 Å². The number of nitrogens with one attached hydrogen (secondary N) is 1. The van der Waals surface area contributed by atoms with Crippen molar-refractivity contribution in [2.75, 3.05) is 19.0 Å². The first-order valence-corrected chi connectivity index (χ1v) is 9.87. The van der Waals surface area contributed by atoms with Crippen LogP contribution in [0.2, 0.25) is 0 Å². The molecule has 0 aliphatic heterocycles. The lowest BCUT2D eigenvalue weighted by atomic mass is 9.95. The molecule has 0 saturated carbocycles. The first kappa shape index (κ1) is 22.3. The van der Waals surface area contributed by atoms with Crippen molar-refractivity contribution >= 4 is 28.3 Å². The molecule has 0 saturated heterocycles. The number of hydrogen-bond acceptors (Lipinski definition) is 6. The van der Waals surface area contributed by atoms with Crippen LogP contribution in [-0.2, 0) is 9.47 Å². The minimum atomic E-state index is -0.834. The number of benzene rings is 3. The van der Waals surface area contributed by atoms with Crippen LogP contribution < -0.4 is 5.32 Å². The maximum Gasteiger partial charge on any atom is 0.412 e. The Labute approximate surface area is 180 Å². The Hall–Kier alpha value is -3.42. The summed E-state index contributed by atoms with van der Waals surface area (Å²) in [7, 11) is 1.48. The highest BCUT2D eigenvalue weighted by atomic mass is 16.6. The number of carbonyl (C=O) groups is 2. The number of carbonyl (C=O) groups excluding carboxylic acids is 2. The summed E-state index contributed by atoms with van der Waals surface area (Å²) in [5.41, 5.74) is 1.66. The lowest BCUT2D eigenvalue weighted by Crippen LogP contribution is -2.29. The Balaban J connectivity index is 1.90. The van der Waals surface area contributed by atoms with Gasteiger partial charge in [0.05, 0.1) is 0 Å². The third kappa shape index (κ3) is 5.20. The van der Waals surface area contributed by atoms with Crippen molar-refractivity contribution in [3.8, 4) is 5.75 Å². The molecule has 0 aromatic heterocycles. The van der Waals surface area contributed by atoms with Gasteiger partial charge in [0.2, 0.25) is 0 Å². The van der Waals surface area contributed by atoms with E-state index >= 15 is 0 Å². The number of rotatable bonds is 8. The molecule has 2 atom stereocenters. The van der Waals surface area contributed by atoms with E-state index in [2.05, 4.69) is 5.32 Å². The summed E-state index contributed by atoms with van der Waals surface area (Å²) in [6.07, 6.45) is -1.91. The minimum absolute atomic E-state index is 0.0691. The van der Waals surface area contributed by atoms with Gasteiger partial charge in [0, 0.05) is 42.3 Å². The molecule has 0 bridgehead atoms. The highest BCUT2D eigenvalue weighted by molar-refractivity contribution is 5.95. The first-order chi connectivity index (χ1) is 14.9. The molecule has 0 heterocycles. The maximum absolute atomic E-state index is 12.7. The normalized spacial score (nSPS) is 12.9. The van der Waals surface area contributed by atoms with Gasteiger partial charge in [0.15, 0.2) is 11.9 Å². The number of methoxy groups -OCH3 is 1. The number of aliphatic hydroxyl groups excluding tert-OH is 1. The van der Waals surface area contributed by atoms with E-state index in [1.807, 2.05) is 12.1 Å². The van der Waals surface area contributed by atoms with Crippen LogP contribution in [0.15, 0.2) is 60.7 Å². The quantitative estimate of drug-likeness (QED) is 0.463. The van der Waals surface area contributed by atoms with Crippen LogP contribution in [0.3, 0.4) is 0 Å². The number of ketones is 1. The standard InChI is InChI=1S/C24H25NO6/c1-15(27)16-7-9-17(10-8-16)25-24(29)31-23(22(30-2)13-14-26)20-11-12-21(28)19-6-4-3-5-18(19)20/h3-12,22-23,26,28H,13-14H2,1-2H3,(H,25,29)/t22-,23-/m1/s1. The molecule has 3 rings (SSSR count). The summed E-state index contributed by atoms with van der Waals surface area (Å²) in [4.78, 5) is 24.1. The van der Waals surface area contributed by atoms with E-state index in [0.29, 0.717) is 27.6 Å². The molecular formula is C24H25NO6. The van der Waals surface area contributed by atoms with Gasteiger partial charge in [-0.15, -0.1) is 0 Å². The molecule has 1 amide bonds. The lowest BCUT2D eigenvalue weighted by molar-refractivity contribution is -0.0299. The van der Waals surface area contributed by atoms with Gasteiger partial charge in [-0.2, -0.15) is 0 Å². The highest BCUT2D eigenvalue weighted by Gasteiger charge is 2.29. The largest absolute Gasteiger partial charge is 0.507 e. The molecule has 0 unspecified atom stereocenters. The highest BCUT2D eigenvalue weighted by Crippen LogP contribution is 2.35. The fourth-order valence-electron chi connectivity index (χ4n) is 3.47. The predicted molar refractivity (Wildman–Crippen MR) is 117 cm³/mol.